The predicted molar refractivity (Wildman–Crippen MR) is 202 cm³/mol. The van der Waals surface area contributed by atoms with Crippen molar-refractivity contribution in [3.63, 3.8) is 0 Å². The van der Waals surface area contributed by atoms with E-state index in [0.29, 0.717) is 17.5 Å². The smallest absolute Gasteiger partial charge is 0.167 e. The maximum atomic E-state index is 6.47. The largest absolute Gasteiger partial charge is 0.456 e. The molecule has 50 heavy (non-hydrogen) atoms. The Morgan fingerprint density at radius 3 is 1.68 bits per heavy atom. The minimum Gasteiger partial charge on any atom is -0.456 e. The maximum Gasteiger partial charge on any atom is 0.167 e. The van der Waals surface area contributed by atoms with Gasteiger partial charge in [0.25, 0.3) is 0 Å². The standard InChI is InChI=1S/C45H27N3O2/c1-3-12-28(13-4-1)29-22-24-30(25-23-29)32-26-27-39-40(35-17-8-10-21-38(35)49-39)41(32)45-47-43(31-14-5-2-6-15-31)46-44(48-45)36-19-11-18-34-33-16-7-9-20-37(33)50-42(34)36/h1-27H. The van der Waals surface area contributed by atoms with Gasteiger partial charge in [-0.2, -0.15) is 0 Å². The van der Waals surface area contributed by atoms with Crippen LogP contribution in [0.3, 0.4) is 0 Å². The van der Waals surface area contributed by atoms with Gasteiger partial charge in [0.1, 0.15) is 22.3 Å². The Morgan fingerprint density at radius 1 is 0.320 bits per heavy atom. The second-order valence-electron chi connectivity index (χ2n) is 12.4. The molecule has 5 nitrogen and oxygen atoms in total. The first-order valence-corrected chi connectivity index (χ1v) is 16.6. The van der Waals surface area contributed by atoms with Crippen LogP contribution >= 0.6 is 0 Å². The van der Waals surface area contributed by atoms with E-state index < -0.39 is 0 Å². The van der Waals surface area contributed by atoms with Crippen LogP contribution in [0.4, 0.5) is 0 Å². The minimum atomic E-state index is 0.536. The van der Waals surface area contributed by atoms with Gasteiger partial charge in [-0.15, -0.1) is 0 Å². The van der Waals surface area contributed by atoms with Gasteiger partial charge < -0.3 is 8.83 Å². The summed E-state index contributed by atoms with van der Waals surface area (Å²) in [7, 11) is 0. The van der Waals surface area contributed by atoms with Gasteiger partial charge in [-0.05, 0) is 52.6 Å². The van der Waals surface area contributed by atoms with Gasteiger partial charge in [-0.25, -0.2) is 15.0 Å². The van der Waals surface area contributed by atoms with Gasteiger partial charge >= 0.3 is 0 Å². The number of furan rings is 2. The van der Waals surface area contributed by atoms with Crippen molar-refractivity contribution in [2.45, 2.75) is 0 Å². The van der Waals surface area contributed by atoms with Crippen LogP contribution in [0.15, 0.2) is 173 Å². The van der Waals surface area contributed by atoms with E-state index in [1.165, 1.54) is 5.56 Å². The van der Waals surface area contributed by atoms with Crippen LogP contribution in [0, 0.1) is 0 Å². The van der Waals surface area contributed by atoms with Crippen molar-refractivity contribution < 1.29 is 8.83 Å². The van der Waals surface area contributed by atoms with Crippen molar-refractivity contribution in [1.82, 2.24) is 15.0 Å². The molecule has 0 aliphatic carbocycles. The van der Waals surface area contributed by atoms with E-state index >= 15 is 0 Å². The molecule has 0 fully saturated rings. The molecule has 5 heteroatoms. The summed E-state index contributed by atoms with van der Waals surface area (Å²) in [5.41, 5.74) is 10.1. The van der Waals surface area contributed by atoms with Crippen LogP contribution in [0.25, 0.3) is 100 Å². The minimum absolute atomic E-state index is 0.536. The maximum absolute atomic E-state index is 6.47. The lowest BCUT2D eigenvalue weighted by atomic mass is 9.93. The fourth-order valence-corrected chi connectivity index (χ4v) is 7.01. The highest BCUT2D eigenvalue weighted by atomic mass is 16.3. The molecule has 0 saturated heterocycles. The monoisotopic (exact) mass is 641 g/mol. The molecule has 0 radical (unpaired) electrons. The number of benzene rings is 7. The number of fused-ring (bicyclic) bond motifs is 6. The Hall–Kier alpha value is -6.85. The lowest BCUT2D eigenvalue weighted by Crippen LogP contribution is -2.01. The Bertz CT molecular complexity index is 2850. The average Bonchev–Trinajstić information content (AvgIpc) is 3.77. The van der Waals surface area contributed by atoms with E-state index in [1.54, 1.807) is 0 Å². The third kappa shape index (κ3) is 4.60. The zero-order valence-electron chi connectivity index (χ0n) is 26.7. The number of nitrogens with zero attached hydrogens (tertiary/aromatic N) is 3. The van der Waals surface area contributed by atoms with Crippen molar-refractivity contribution in [2.24, 2.45) is 0 Å². The summed E-state index contributed by atoms with van der Waals surface area (Å²) >= 11 is 0. The zero-order chi connectivity index (χ0) is 33.0. The highest BCUT2D eigenvalue weighted by Crippen LogP contribution is 2.43. The summed E-state index contributed by atoms with van der Waals surface area (Å²) in [5, 5.41) is 4.03. The number of hydrogen-bond acceptors (Lipinski definition) is 5. The van der Waals surface area contributed by atoms with Gasteiger partial charge in [0.05, 0.1) is 5.56 Å². The summed E-state index contributed by atoms with van der Waals surface area (Å²) in [6.07, 6.45) is 0. The average molecular weight is 642 g/mol. The molecule has 10 rings (SSSR count). The summed E-state index contributed by atoms with van der Waals surface area (Å²) < 4.78 is 12.9. The lowest BCUT2D eigenvalue weighted by molar-refractivity contribution is 0.668. The van der Waals surface area contributed by atoms with Crippen molar-refractivity contribution in [3.8, 4) is 56.4 Å². The molecule has 0 unspecified atom stereocenters. The number of hydrogen-bond donors (Lipinski definition) is 0. The summed E-state index contributed by atoms with van der Waals surface area (Å²) in [6.45, 7) is 0. The Morgan fingerprint density at radius 2 is 0.900 bits per heavy atom. The second-order valence-corrected chi connectivity index (χ2v) is 12.4. The number of para-hydroxylation sites is 3. The summed E-state index contributed by atoms with van der Waals surface area (Å²) in [5.74, 6) is 1.67. The molecule has 234 valence electrons. The van der Waals surface area contributed by atoms with E-state index in [-0.39, 0.29) is 0 Å². The molecule has 0 amide bonds. The number of rotatable bonds is 5. The second kappa shape index (κ2) is 11.4. The molecule has 0 aliphatic heterocycles. The van der Waals surface area contributed by atoms with E-state index in [4.69, 9.17) is 23.8 Å². The highest BCUT2D eigenvalue weighted by Gasteiger charge is 2.23. The molecule has 0 saturated carbocycles. The highest BCUT2D eigenvalue weighted by molar-refractivity contribution is 6.15. The van der Waals surface area contributed by atoms with Crippen LogP contribution in [0.5, 0.6) is 0 Å². The Kier molecular flexibility index (Phi) is 6.42. The van der Waals surface area contributed by atoms with Crippen LogP contribution in [0.1, 0.15) is 0 Å². The normalized spacial score (nSPS) is 11.6. The predicted octanol–water partition coefficient (Wildman–Crippen LogP) is 12.0. The van der Waals surface area contributed by atoms with Gasteiger partial charge in [0.15, 0.2) is 17.5 Å². The van der Waals surface area contributed by atoms with Crippen molar-refractivity contribution in [1.29, 1.82) is 0 Å². The van der Waals surface area contributed by atoms with E-state index in [2.05, 4.69) is 78.9 Å². The van der Waals surface area contributed by atoms with Crippen LogP contribution in [0.2, 0.25) is 0 Å². The zero-order valence-corrected chi connectivity index (χ0v) is 26.7. The van der Waals surface area contributed by atoms with Crippen molar-refractivity contribution in [3.05, 3.63) is 164 Å². The molecular weight excluding hydrogens is 615 g/mol. The molecule has 0 aliphatic rings. The van der Waals surface area contributed by atoms with Crippen LogP contribution < -0.4 is 0 Å². The van der Waals surface area contributed by atoms with Crippen LogP contribution in [-0.4, -0.2) is 15.0 Å². The van der Waals surface area contributed by atoms with E-state index in [0.717, 1.165) is 77.3 Å². The van der Waals surface area contributed by atoms with Gasteiger partial charge in [0.2, 0.25) is 0 Å². The lowest BCUT2D eigenvalue weighted by Gasteiger charge is -2.14. The Labute approximate surface area is 287 Å². The van der Waals surface area contributed by atoms with Gasteiger partial charge in [-0.3, -0.25) is 0 Å². The van der Waals surface area contributed by atoms with Crippen molar-refractivity contribution in [2.75, 3.05) is 0 Å². The Balaban J connectivity index is 1.27. The molecule has 3 heterocycles. The van der Waals surface area contributed by atoms with Gasteiger partial charge in [-0.1, -0.05) is 133 Å². The van der Waals surface area contributed by atoms with Gasteiger partial charge in [0, 0.05) is 32.7 Å². The molecule has 7 aromatic carbocycles. The fraction of sp³-hybridized carbons (Fsp3) is 0. The molecular formula is C45H27N3O2. The molecule has 0 spiro atoms. The first-order valence-electron chi connectivity index (χ1n) is 16.6. The molecule has 0 N–H and O–H groups in total. The van der Waals surface area contributed by atoms with Crippen LogP contribution in [-0.2, 0) is 0 Å². The van der Waals surface area contributed by atoms with E-state index in [1.807, 2.05) is 84.9 Å². The number of aromatic nitrogens is 3. The molecule has 10 aromatic rings. The first-order chi connectivity index (χ1) is 24.8. The molecule has 0 atom stereocenters. The third-order valence-electron chi connectivity index (χ3n) is 9.38. The van der Waals surface area contributed by atoms with E-state index in [9.17, 15) is 0 Å². The molecule has 3 aromatic heterocycles. The third-order valence-corrected chi connectivity index (χ3v) is 9.38. The summed E-state index contributed by atoms with van der Waals surface area (Å²) in [4.78, 5) is 15.6. The fourth-order valence-electron chi connectivity index (χ4n) is 7.01. The summed E-state index contributed by atoms with van der Waals surface area (Å²) in [6, 6.07) is 55.7. The quantitative estimate of drug-likeness (QED) is 0.187. The SMILES string of the molecule is c1ccc(-c2ccc(-c3ccc4oc5ccccc5c4c3-c3nc(-c4ccccc4)nc(-c4cccc5c4oc4ccccc45)n3)cc2)cc1. The van der Waals surface area contributed by atoms with Crippen molar-refractivity contribution >= 4 is 43.9 Å². The molecule has 0 bridgehead atoms. The first kappa shape index (κ1) is 28.2. The topological polar surface area (TPSA) is 65.0 Å².